The van der Waals surface area contributed by atoms with Crippen molar-refractivity contribution in [1.82, 2.24) is 0 Å². The van der Waals surface area contributed by atoms with Crippen LogP contribution in [0.4, 0.5) is 0 Å². The number of rotatable bonds is 5. The lowest BCUT2D eigenvalue weighted by atomic mass is 9.99. The average Bonchev–Trinajstić information content (AvgIpc) is 2.69. The fraction of sp³-hybridized carbons (Fsp3) is 0.143. The Kier molecular flexibility index (Phi) is 5.61. The third kappa shape index (κ3) is 4.26. The summed E-state index contributed by atoms with van der Waals surface area (Å²) in [5.41, 5.74) is 1.29. The van der Waals surface area contributed by atoms with E-state index in [0.29, 0.717) is 16.7 Å². The lowest BCUT2D eigenvalue weighted by molar-refractivity contribution is 0.00515. The number of esters is 2. The molecule has 2 aromatic rings. The Balaban J connectivity index is 1.58. The molecule has 0 aromatic heterocycles. The number of ether oxygens (including phenoxy) is 2. The minimum atomic E-state index is -1.07. The first-order valence-electron chi connectivity index (χ1n) is 8.18. The van der Waals surface area contributed by atoms with E-state index in [0.717, 1.165) is 0 Å². The van der Waals surface area contributed by atoms with Crippen LogP contribution in [0.25, 0.3) is 0 Å². The van der Waals surface area contributed by atoms with Crippen LogP contribution in [0.15, 0.2) is 84.5 Å². The zero-order chi connectivity index (χ0) is 18.4. The third-order valence-corrected chi connectivity index (χ3v) is 3.93. The molecule has 1 aliphatic rings. The van der Waals surface area contributed by atoms with Gasteiger partial charge in [-0.2, -0.15) is 0 Å². The Morgan fingerprint density at radius 3 is 2.08 bits per heavy atom. The Labute approximate surface area is 151 Å². The zero-order valence-electron chi connectivity index (χ0n) is 13.9. The van der Waals surface area contributed by atoms with Crippen LogP contribution in [0.5, 0.6) is 0 Å². The van der Waals surface area contributed by atoms with E-state index in [4.69, 9.17) is 9.47 Å². The maximum atomic E-state index is 12.1. The van der Waals surface area contributed by atoms with E-state index in [2.05, 4.69) is 0 Å². The summed E-state index contributed by atoms with van der Waals surface area (Å²) in [4.78, 5) is 24.1. The molecule has 2 aromatic carbocycles. The van der Waals surface area contributed by atoms with Crippen molar-refractivity contribution in [2.45, 2.75) is 12.2 Å². The van der Waals surface area contributed by atoms with E-state index in [1.165, 1.54) is 0 Å². The van der Waals surface area contributed by atoms with Gasteiger partial charge in [-0.3, -0.25) is 0 Å². The van der Waals surface area contributed by atoms with E-state index in [9.17, 15) is 14.7 Å². The molecular formula is C21H18O5. The van der Waals surface area contributed by atoms with E-state index < -0.39 is 24.1 Å². The van der Waals surface area contributed by atoms with Gasteiger partial charge in [0.2, 0.25) is 0 Å². The summed E-state index contributed by atoms with van der Waals surface area (Å²) in [6, 6.07) is 17.1. The summed E-state index contributed by atoms with van der Waals surface area (Å²) in [7, 11) is 0. The van der Waals surface area contributed by atoms with Crippen LogP contribution in [0, 0.1) is 0 Å². The van der Waals surface area contributed by atoms with Crippen molar-refractivity contribution in [3.63, 3.8) is 0 Å². The quantitative estimate of drug-likeness (QED) is 0.840. The van der Waals surface area contributed by atoms with Crippen LogP contribution in [0.3, 0.4) is 0 Å². The fourth-order valence-electron chi connectivity index (χ4n) is 2.51. The highest BCUT2D eigenvalue weighted by atomic mass is 16.6. The molecule has 26 heavy (non-hydrogen) atoms. The largest absolute Gasteiger partial charge is 0.457 e. The standard InChI is InChI=1S/C21H18O5/c22-19-17(14-25-20(23)15-8-3-1-4-9-15)12-7-13-18(19)26-21(24)16-10-5-2-6-11-16/h1-13,18-19,22H,14H2/t18-,19-/m1/s1. The Morgan fingerprint density at radius 2 is 1.46 bits per heavy atom. The maximum absolute atomic E-state index is 12.1. The monoisotopic (exact) mass is 350 g/mol. The summed E-state index contributed by atoms with van der Waals surface area (Å²) in [5.74, 6) is -1.01. The highest BCUT2D eigenvalue weighted by Gasteiger charge is 2.27. The molecule has 0 fully saturated rings. The van der Waals surface area contributed by atoms with Crippen molar-refractivity contribution in [3.8, 4) is 0 Å². The van der Waals surface area contributed by atoms with Gasteiger partial charge in [0, 0.05) is 0 Å². The highest BCUT2D eigenvalue weighted by molar-refractivity contribution is 5.90. The molecule has 1 aliphatic carbocycles. The molecule has 0 aliphatic heterocycles. The number of aliphatic hydroxyl groups is 1. The van der Waals surface area contributed by atoms with Crippen molar-refractivity contribution < 1.29 is 24.2 Å². The second kappa shape index (κ2) is 8.27. The first-order chi connectivity index (χ1) is 12.6. The predicted octanol–water partition coefficient (Wildman–Crippen LogP) is 2.93. The molecule has 0 bridgehead atoms. The van der Waals surface area contributed by atoms with E-state index in [-0.39, 0.29) is 6.61 Å². The average molecular weight is 350 g/mol. The van der Waals surface area contributed by atoms with Gasteiger partial charge >= 0.3 is 11.9 Å². The molecule has 132 valence electrons. The minimum Gasteiger partial charge on any atom is -0.457 e. The van der Waals surface area contributed by atoms with Gasteiger partial charge in [0.1, 0.15) is 12.7 Å². The molecule has 0 saturated heterocycles. The van der Waals surface area contributed by atoms with Gasteiger partial charge in [-0.1, -0.05) is 48.6 Å². The molecule has 0 spiro atoms. The molecule has 0 unspecified atom stereocenters. The van der Waals surface area contributed by atoms with Gasteiger partial charge in [0.25, 0.3) is 0 Å². The Bertz CT molecular complexity index is 824. The lowest BCUT2D eigenvalue weighted by Gasteiger charge is -2.25. The van der Waals surface area contributed by atoms with Crippen LogP contribution >= 0.6 is 0 Å². The molecule has 0 heterocycles. The van der Waals surface area contributed by atoms with Gasteiger partial charge in [0.15, 0.2) is 6.10 Å². The molecular weight excluding hydrogens is 332 g/mol. The van der Waals surface area contributed by atoms with Crippen molar-refractivity contribution in [1.29, 1.82) is 0 Å². The van der Waals surface area contributed by atoms with Gasteiger partial charge in [0.05, 0.1) is 11.1 Å². The van der Waals surface area contributed by atoms with Crippen LogP contribution < -0.4 is 0 Å². The SMILES string of the molecule is O=C(OCC1=CC=C[C@@H](OC(=O)c2ccccc2)[C@@H]1O)c1ccccc1. The number of allylic oxidation sites excluding steroid dienone is 2. The zero-order valence-corrected chi connectivity index (χ0v) is 13.9. The first-order valence-corrected chi connectivity index (χ1v) is 8.18. The van der Waals surface area contributed by atoms with Crippen LogP contribution in [-0.2, 0) is 9.47 Å². The second-order valence-corrected chi connectivity index (χ2v) is 5.75. The summed E-state index contributed by atoms with van der Waals surface area (Å²) in [5, 5.41) is 10.4. The van der Waals surface area contributed by atoms with Gasteiger partial charge < -0.3 is 14.6 Å². The first kappa shape index (κ1) is 17.6. The summed E-state index contributed by atoms with van der Waals surface area (Å²) >= 11 is 0. The fourth-order valence-corrected chi connectivity index (χ4v) is 2.51. The van der Waals surface area contributed by atoms with Gasteiger partial charge in [-0.15, -0.1) is 0 Å². The lowest BCUT2D eigenvalue weighted by Crippen LogP contribution is -2.34. The summed E-state index contributed by atoms with van der Waals surface area (Å²) in [6.45, 7) is -0.0847. The molecule has 3 rings (SSSR count). The van der Waals surface area contributed by atoms with E-state index in [1.807, 2.05) is 0 Å². The Hall–Kier alpha value is -3.18. The van der Waals surface area contributed by atoms with Gasteiger partial charge in [-0.25, -0.2) is 9.59 Å². The third-order valence-electron chi connectivity index (χ3n) is 3.93. The molecule has 5 nitrogen and oxygen atoms in total. The molecule has 0 radical (unpaired) electrons. The van der Waals surface area contributed by atoms with Crippen molar-refractivity contribution in [3.05, 3.63) is 95.6 Å². The second-order valence-electron chi connectivity index (χ2n) is 5.75. The molecule has 1 N–H and O–H groups in total. The number of hydrogen-bond donors (Lipinski definition) is 1. The topological polar surface area (TPSA) is 72.8 Å². The van der Waals surface area contributed by atoms with Crippen molar-refractivity contribution in [2.75, 3.05) is 6.61 Å². The molecule has 0 saturated carbocycles. The van der Waals surface area contributed by atoms with Crippen molar-refractivity contribution in [2.24, 2.45) is 0 Å². The van der Waals surface area contributed by atoms with Gasteiger partial charge in [-0.05, 0) is 35.9 Å². The van der Waals surface area contributed by atoms with E-state index >= 15 is 0 Å². The van der Waals surface area contributed by atoms with Crippen LogP contribution in [0.2, 0.25) is 0 Å². The number of carbonyl (C=O) groups excluding carboxylic acids is 2. The maximum Gasteiger partial charge on any atom is 0.338 e. The smallest absolute Gasteiger partial charge is 0.338 e. The van der Waals surface area contributed by atoms with Crippen molar-refractivity contribution >= 4 is 11.9 Å². The minimum absolute atomic E-state index is 0.0847. The number of aliphatic hydroxyl groups excluding tert-OH is 1. The van der Waals surface area contributed by atoms with Crippen LogP contribution in [-0.4, -0.2) is 35.9 Å². The number of hydrogen-bond acceptors (Lipinski definition) is 5. The van der Waals surface area contributed by atoms with E-state index in [1.54, 1.807) is 78.9 Å². The van der Waals surface area contributed by atoms with Crippen LogP contribution in [0.1, 0.15) is 20.7 Å². The molecule has 5 heteroatoms. The predicted molar refractivity (Wildman–Crippen MR) is 95.6 cm³/mol. The molecule has 0 amide bonds. The number of benzene rings is 2. The summed E-state index contributed by atoms with van der Waals surface area (Å²) < 4.78 is 10.6. The summed E-state index contributed by atoms with van der Waals surface area (Å²) in [6.07, 6.45) is 3.00. The normalized spacial score (nSPS) is 18.7. The number of carbonyl (C=O) groups is 2. The molecule has 2 atom stereocenters. The highest BCUT2D eigenvalue weighted by Crippen LogP contribution is 2.19. The Morgan fingerprint density at radius 1 is 0.885 bits per heavy atom.